The second-order valence-corrected chi connectivity index (χ2v) is 2.22. The van der Waals surface area contributed by atoms with Crippen molar-refractivity contribution in [3.05, 3.63) is 6.42 Å². The molecule has 4 heteroatoms. The van der Waals surface area contributed by atoms with Gasteiger partial charge in [0.1, 0.15) is 0 Å². The SMILES string of the molecule is FC1(F)CC[CH-]CC1.I.[Zn]. The zero-order valence-corrected chi connectivity index (χ0v) is 11.1. The van der Waals surface area contributed by atoms with Crippen molar-refractivity contribution in [2.75, 3.05) is 0 Å². The Balaban J connectivity index is 0. The molecule has 1 aliphatic carbocycles. The fourth-order valence-corrected chi connectivity index (χ4v) is 0.896. The van der Waals surface area contributed by atoms with Gasteiger partial charge < -0.3 is 6.42 Å². The summed E-state index contributed by atoms with van der Waals surface area (Å²) in [5.41, 5.74) is 0. The van der Waals surface area contributed by atoms with E-state index >= 15 is 0 Å². The molecule has 0 saturated heterocycles. The first-order chi connectivity index (χ1) is 3.71. The number of hydrogen-bond donors (Lipinski definition) is 0. The molecule has 0 aromatic carbocycles. The predicted molar refractivity (Wildman–Crippen MR) is 43.1 cm³/mol. The van der Waals surface area contributed by atoms with Gasteiger partial charge in [0.25, 0.3) is 0 Å². The van der Waals surface area contributed by atoms with E-state index in [-0.39, 0.29) is 56.3 Å². The van der Waals surface area contributed by atoms with Crippen molar-refractivity contribution in [2.45, 2.75) is 31.6 Å². The van der Waals surface area contributed by atoms with Crippen LogP contribution in [0.1, 0.15) is 25.7 Å². The van der Waals surface area contributed by atoms with Gasteiger partial charge in [0, 0.05) is 19.5 Å². The van der Waals surface area contributed by atoms with Crippen LogP contribution in [0.5, 0.6) is 0 Å². The third-order valence-electron chi connectivity index (χ3n) is 1.43. The summed E-state index contributed by atoms with van der Waals surface area (Å²) in [5.74, 6) is -2.35. The number of halogens is 3. The Bertz CT molecular complexity index is 79.8. The monoisotopic (exact) mass is 311 g/mol. The molecule has 0 nitrogen and oxygen atoms in total. The van der Waals surface area contributed by atoms with Crippen molar-refractivity contribution in [1.29, 1.82) is 0 Å². The quantitative estimate of drug-likeness (QED) is 0.366. The second-order valence-electron chi connectivity index (χ2n) is 2.22. The van der Waals surface area contributed by atoms with Gasteiger partial charge in [-0.1, -0.05) is 0 Å². The molecule has 1 aliphatic rings. The summed E-state index contributed by atoms with van der Waals surface area (Å²) in [6.45, 7) is 0. The van der Waals surface area contributed by atoms with Gasteiger partial charge in [-0.15, -0.1) is 24.0 Å². The molecule has 0 spiro atoms. The Kier molecular flexibility index (Phi) is 8.01. The van der Waals surface area contributed by atoms with Crippen LogP contribution in [0.2, 0.25) is 0 Å². The third-order valence-corrected chi connectivity index (χ3v) is 1.43. The van der Waals surface area contributed by atoms with Gasteiger partial charge in [0.2, 0.25) is 5.92 Å². The molecule has 0 unspecified atom stereocenters. The molecule has 0 aromatic rings. The van der Waals surface area contributed by atoms with Gasteiger partial charge in [-0.05, 0) is 12.8 Å². The smallest absolute Gasteiger partial charge is 0.243 e. The van der Waals surface area contributed by atoms with Crippen molar-refractivity contribution >= 4 is 24.0 Å². The minimum atomic E-state index is -2.35. The van der Waals surface area contributed by atoms with E-state index < -0.39 is 5.92 Å². The van der Waals surface area contributed by atoms with Gasteiger partial charge in [0.05, 0.1) is 0 Å². The van der Waals surface area contributed by atoms with Gasteiger partial charge in [0.15, 0.2) is 0 Å². The van der Waals surface area contributed by atoms with Crippen molar-refractivity contribution in [3.63, 3.8) is 0 Å². The summed E-state index contributed by atoms with van der Waals surface area (Å²) >= 11 is 0. The molecule has 0 bridgehead atoms. The normalized spacial score (nSPS) is 22.2. The average molecular weight is 312 g/mol. The molecule has 1 saturated carbocycles. The minimum Gasteiger partial charge on any atom is -0.328 e. The fourth-order valence-electron chi connectivity index (χ4n) is 0.896. The van der Waals surface area contributed by atoms with Crippen LogP contribution in [0.4, 0.5) is 8.78 Å². The average Bonchev–Trinajstić information content (AvgIpc) is 1.65. The molecule has 0 amide bonds. The first-order valence-corrected chi connectivity index (χ1v) is 2.90. The van der Waals surface area contributed by atoms with Crippen LogP contribution >= 0.6 is 24.0 Å². The molecule has 0 aliphatic heterocycles. The maximum Gasteiger partial charge on any atom is 0.243 e. The van der Waals surface area contributed by atoms with Crippen LogP contribution in [0, 0.1) is 6.42 Å². The van der Waals surface area contributed by atoms with E-state index in [0.717, 1.165) is 0 Å². The van der Waals surface area contributed by atoms with Gasteiger partial charge >= 0.3 is 0 Å². The third kappa shape index (κ3) is 4.94. The second kappa shape index (κ2) is 5.81. The number of rotatable bonds is 0. The molecule has 0 N–H and O–H groups in total. The molecule has 1 fully saturated rings. The van der Waals surface area contributed by atoms with Crippen molar-refractivity contribution in [1.82, 2.24) is 0 Å². The standard InChI is InChI=1S/C6H9F2.HI.Zn/c7-6(8)4-2-1-3-5-6;;/h1H,2-5H2;1H;/q-1;;. The Morgan fingerprint density at radius 2 is 1.50 bits per heavy atom. The van der Waals surface area contributed by atoms with E-state index in [1.165, 1.54) is 0 Å². The first kappa shape index (κ1) is 13.8. The molecule has 10 heavy (non-hydrogen) atoms. The Hall–Kier alpha value is 1.21. The van der Waals surface area contributed by atoms with E-state index in [0.29, 0.717) is 12.8 Å². The van der Waals surface area contributed by atoms with Crippen LogP contribution < -0.4 is 0 Å². The number of alkyl halides is 2. The molecule has 58 valence electrons. The molecule has 0 heterocycles. The van der Waals surface area contributed by atoms with Crippen LogP contribution in [-0.2, 0) is 19.5 Å². The van der Waals surface area contributed by atoms with Crippen molar-refractivity contribution in [2.24, 2.45) is 0 Å². The molecule has 0 aromatic heterocycles. The maximum atomic E-state index is 12.2. The molecule has 0 radical (unpaired) electrons. The summed E-state index contributed by atoms with van der Waals surface area (Å²) in [4.78, 5) is 0. The summed E-state index contributed by atoms with van der Waals surface area (Å²) in [6.07, 6.45) is 3.23. The van der Waals surface area contributed by atoms with E-state index in [4.69, 9.17) is 0 Å². The zero-order chi connectivity index (χ0) is 6.04. The van der Waals surface area contributed by atoms with Crippen LogP contribution in [-0.4, -0.2) is 5.92 Å². The van der Waals surface area contributed by atoms with E-state index in [1.54, 1.807) is 0 Å². The molecular formula is C6H10F2IZn-. The van der Waals surface area contributed by atoms with Crippen LogP contribution in [0.25, 0.3) is 0 Å². The van der Waals surface area contributed by atoms with Crippen LogP contribution in [0.3, 0.4) is 0 Å². The molecule has 0 atom stereocenters. The van der Waals surface area contributed by atoms with Crippen molar-refractivity contribution < 1.29 is 28.3 Å². The first-order valence-electron chi connectivity index (χ1n) is 2.90. The minimum absolute atomic E-state index is 0. The summed E-state index contributed by atoms with van der Waals surface area (Å²) in [5, 5.41) is 0. The zero-order valence-electron chi connectivity index (χ0n) is 5.78. The van der Waals surface area contributed by atoms with E-state index in [2.05, 4.69) is 0 Å². The van der Waals surface area contributed by atoms with Crippen molar-refractivity contribution in [3.8, 4) is 0 Å². The van der Waals surface area contributed by atoms with Crippen LogP contribution in [0.15, 0.2) is 0 Å². The largest absolute Gasteiger partial charge is 0.328 e. The predicted octanol–water partition coefficient (Wildman–Crippen LogP) is 3.02. The summed E-state index contributed by atoms with van der Waals surface area (Å²) in [6, 6.07) is 0. The number of hydrogen-bond acceptors (Lipinski definition) is 0. The fraction of sp³-hybridized carbons (Fsp3) is 0.833. The topological polar surface area (TPSA) is 0 Å². The van der Waals surface area contributed by atoms with Gasteiger partial charge in [-0.25, -0.2) is 8.78 Å². The Morgan fingerprint density at radius 3 is 1.70 bits per heavy atom. The Morgan fingerprint density at radius 1 is 1.10 bits per heavy atom. The summed E-state index contributed by atoms with van der Waals surface area (Å²) in [7, 11) is 0. The van der Waals surface area contributed by atoms with E-state index in [9.17, 15) is 8.78 Å². The van der Waals surface area contributed by atoms with Gasteiger partial charge in [-0.2, -0.15) is 12.8 Å². The maximum absolute atomic E-state index is 12.2. The summed E-state index contributed by atoms with van der Waals surface area (Å²) < 4.78 is 24.4. The molecule has 1 rings (SSSR count). The van der Waals surface area contributed by atoms with Gasteiger partial charge in [-0.3, -0.25) is 0 Å². The molecular weight excluding hydrogens is 302 g/mol. The Labute approximate surface area is 89.9 Å². The van der Waals surface area contributed by atoms with E-state index in [1.807, 2.05) is 6.42 Å².